The fourth-order valence-corrected chi connectivity index (χ4v) is 6.52. The molecule has 1 aromatic rings. The van der Waals surface area contributed by atoms with Gasteiger partial charge in [0.2, 0.25) is 5.91 Å². The summed E-state index contributed by atoms with van der Waals surface area (Å²) in [6.07, 6.45) is -0.712. The molecule has 3 rings (SSSR count). The maximum atomic E-state index is 13.0. The maximum absolute atomic E-state index is 13.0. The number of carbonyl (C=O) groups is 3. The van der Waals surface area contributed by atoms with E-state index in [4.69, 9.17) is 9.47 Å². The molecule has 33 heavy (non-hydrogen) atoms. The first-order valence-corrected chi connectivity index (χ1v) is 12.4. The number of hydrogen-bond donors (Lipinski definition) is 1. The summed E-state index contributed by atoms with van der Waals surface area (Å²) in [5.41, 5.74) is -2.55. The number of hydrogen-bond acceptors (Lipinski definition) is 10. The van der Waals surface area contributed by atoms with E-state index in [1.165, 1.54) is 32.5 Å². The number of methoxy groups -OCH3 is 1. The van der Waals surface area contributed by atoms with Crippen molar-refractivity contribution in [1.82, 2.24) is 15.1 Å². The Hall–Kier alpha value is 0.110. The van der Waals surface area contributed by atoms with E-state index in [9.17, 15) is 28.7 Å². The largest absolute Gasteiger partial charge is 1.00 e. The molecule has 170 valence electrons. The molecule has 3 amide bonds. The van der Waals surface area contributed by atoms with Crippen molar-refractivity contribution < 1.29 is 97.3 Å². The summed E-state index contributed by atoms with van der Waals surface area (Å²) in [6, 6.07) is 3.55. The van der Waals surface area contributed by atoms with Crippen LogP contribution >= 0.6 is 30.7 Å². The van der Waals surface area contributed by atoms with Crippen LogP contribution in [-0.4, -0.2) is 72.4 Å². The second-order valence-corrected chi connectivity index (χ2v) is 10.5. The molecule has 0 bridgehead atoms. The molecular formula is C17H20N3Na2O8PS2. The van der Waals surface area contributed by atoms with Crippen molar-refractivity contribution in [1.29, 1.82) is 0 Å². The number of carbonyl (C=O) groups excluding carboxylic acids is 3. The third-order valence-electron chi connectivity index (χ3n) is 4.64. The minimum Gasteiger partial charge on any atom is -0.806 e. The van der Waals surface area contributed by atoms with Crippen molar-refractivity contribution in [3.8, 4) is 0 Å². The van der Waals surface area contributed by atoms with Crippen LogP contribution in [0.3, 0.4) is 0 Å². The zero-order valence-corrected chi connectivity index (χ0v) is 25.4. The summed E-state index contributed by atoms with van der Waals surface area (Å²) in [5, 5.41) is 3.39. The van der Waals surface area contributed by atoms with E-state index in [0.717, 1.165) is 26.4 Å². The second kappa shape index (κ2) is 12.4. The average Bonchev–Trinajstić information content (AvgIpc) is 3.21. The van der Waals surface area contributed by atoms with E-state index >= 15 is 0 Å². The Morgan fingerprint density at radius 3 is 2.55 bits per heavy atom. The Balaban J connectivity index is 0.00000272. The van der Waals surface area contributed by atoms with Crippen LogP contribution < -0.4 is 74.2 Å². The van der Waals surface area contributed by atoms with Crippen LogP contribution in [0.5, 0.6) is 0 Å². The Bertz CT molecular complexity index is 971. The van der Waals surface area contributed by atoms with Crippen molar-refractivity contribution in [3.05, 3.63) is 33.4 Å². The maximum Gasteiger partial charge on any atom is 1.00 e. The monoisotopic (exact) mass is 535 g/mol. The van der Waals surface area contributed by atoms with Crippen LogP contribution in [0.25, 0.3) is 0 Å². The van der Waals surface area contributed by atoms with Gasteiger partial charge < -0.3 is 34.0 Å². The normalized spacial score (nSPS) is 21.8. The smallest absolute Gasteiger partial charge is 0.806 e. The minimum absolute atomic E-state index is 0. The van der Waals surface area contributed by atoms with Gasteiger partial charge in [-0.05, 0) is 19.0 Å². The summed E-state index contributed by atoms with van der Waals surface area (Å²) in [6.45, 7) is -0.463. The van der Waals surface area contributed by atoms with Crippen molar-refractivity contribution >= 4 is 48.6 Å². The van der Waals surface area contributed by atoms with Crippen molar-refractivity contribution in [3.63, 3.8) is 0 Å². The third kappa shape index (κ3) is 6.46. The van der Waals surface area contributed by atoms with Crippen LogP contribution in [0.2, 0.25) is 0 Å². The zero-order valence-electron chi connectivity index (χ0n) is 18.9. The number of nitrogens with zero attached hydrogens (tertiary/aromatic N) is 2. The molecule has 0 spiro atoms. The number of fused-ring (bicyclic) bond motifs is 1. The van der Waals surface area contributed by atoms with Gasteiger partial charge in [-0.3, -0.25) is 14.5 Å². The van der Waals surface area contributed by atoms with Gasteiger partial charge in [0.15, 0.2) is 0 Å². The molecule has 1 saturated heterocycles. The van der Waals surface area contributed by atoms with Gasteiger partial charge in [-0.25, -0.2) is 4.79 Å². The molecule has 0 aromatic carbocycles. The van der Waals surface area contributed by atoms with Crippen LogP contribution in [-0.2, 0) is 30.0 Å². The summed E-state index contributed by atoms with van der Waals surface area (Å²) in [4.78, 5) is 63.8. The fraction of sp³-hybridized carbons (Fsp3) is 0.471. The standard InChI is InChI=1S/C17H22N3O8PS2.2Na/c1-19(2)16(23)28-8-10-9-31-15-17(27-3,14(22)20(15)13(10)29(24,25)26)18-12(21)7-11-5-4-6-30-11;;/h4-6,15H,7-9H2,1-3H3,(H,18,21)(H2,24,25,26);;/q;2*+1/p-2/t15-,17?;;/m1../s1. The van der Waals surface area contributed by atoms with Gasteiger partial charge in [-0.1, -0.05) is 6.07 Å². The van der Waals surface area contributed by atoms with Crippen LogP contribution in [0.15, 0.2) is 28.5 Å². The minimum atomic E-state index is -5.41. The molecule has 0 aliphatic carbocycles. The number of ether oxygens (including phenoxy) is 2. The predicted octanol–water partition coefficient (Wildman–Crippen LogP) is -6.50. The zero-order chi connectivity index (χ0) is 23.0. The molecule has 3 heterocycles. The molecule has 1 fully saturated rings. The van der Waals surface area contributed by atoms with Gasteiger partial charge >= 0.3 is 65.2 Å². The van der Waals surface area contributed by atoms with E-state index in [1.807, 2.05) is 5.38 Å². The second-order valence-electron chi connectivity index (χ2n) is 6.96. The van der Waals surface area contributed by atoms with Crippen molar-refractivity contribution in [2.45, 2.75) is 17.5 Å². The molecule has 2 aliphatic heterocycles. The number of thiophene rings is 1. The van der Waals surface area contributed by atoms with Gasteiger partial charge in [-0.2, -0.15) is 0 Å². The van der Waals surface area contributed by atoms with E-state index < -0.39 is 48.6 Å². The summed E-state index contributed by atoms with van der Waals surface area (Å²) >= 11 is 2.47. The van der Waals surface area contributed by atoms with Crippen LogP contribution in [0.1, 0.15) is 4.88 Å². The number of nitrogens with one attached hydrogen (secondary N) is 1. The van der Waals surface area contributed by atoms with Gasteiger partial charge in [0.25, 0.3) is 11.6 Å². The van der Waals surface area contributed by atoms with Gasteiger partial charge in [0, 0.05) is 37.4 Å². The number of amides is 3. The van der Waals surface area contributed by atoms with Gasteiger partial charge in [0.05, 0.1) is 11.9 Å². The molecule has 1 aromatic heterocycles. The number of thioether (sulfide) groups is 1. The third-order valence-corrected chi connectivity index (χ3v) is 7.94. The van der Waals surface area contributed by atoms with E-state index in [1.54, 1.807) is 12.1 Å². The summed E-state index contributed by atoms with van der Waals surface area (Å²) in [5.74, 6) is -1.38. The molecule has 2 atom stereocenters. The fourth-order valence-electron chi connectivity index (χ4n) is 3.21. The topological polar surface area (TPSA) is 151 Å². The molecular weight excluding hydrogens is 515 g/mol. The Morgan fingerprint density at radius 1 is 1.36 bits per heavy atom. The summed E-state index contributed by atoms with van der Waals surface area (Å²) < 4.78 is 22.3. The van der Waals surface area contributed by atoms with Crippen molar-refractivity contribution in [2.75, 3.05) is 33.6 Å². The summed E-state index contributed by atoms with van der Waals surface area (Å²) in [7, 11) is -1.30. The number of rotatable bonds is 7. The predicted molar refractivity (Wildman–Crippen MR) is 109 cm³/mol. The first kappa shape index (κ1) is 31.1. The first-order chi connectivity index (χ1) is 14.5. The van der Waals surface area contributed by atoms with Crippen LogP contribution in [0.4, 0.5) is 4.79 Å². The molecule has 0 radical (unpaired) electrons. The van der Waals surface area contributed by atoms with E-state index in [2.05, 4.69) is 5.32 Å². The molecule has 1 N–H and O–H groups in total. The Kier molecular flexibility index (Phi) is 11.7. The van der Waals surface area contributed by atoms with Gasteiger partial charge in [0.1, 0.15) is 12.0 Å². The molecule has 0 saturated carbocycles. The van der Waals surface area contributed by atoms with Gasteiger partial charge in [-0.15, -0.1) is 23.1 Å². The Labute approximate surface area is 243 Å². The molecule has 16 heteroatoms. The number of β-lactam (4-membered cyclic amide) rings is 1. The average molecular weight is 535 g/mol. The first-order valence-electron chi connectivity index (χ1n) is 8.93. The van der Waals surface area contributed by atoms with E-state index in [0.29, 0.717) is 0 Å². The van der Waals surface area contributed by atoms with E-state index in [-0.39, 0.29) is 76.9 Å². The molecule has 1 unspecified atom stereocenters. The molecule has 11 nitrogen and oxygen atoms in total. The van der Waals surface area contributed by atoms with Crippen LogP contribution in [0, 0.1) is 0 Å². The quantitative estimate of drug-likeness (QED) is 0.156. The SMILES string of the molecule is COC1(NC(=O)Cc2cccs2)C(=O)N2C(P(=O)([O-])[O-])=C(COC(=O)N(C)C)CS[C@@H]21.[Na+].[Na+]. The van der Waals surface area contributed by atoms with Crippen molar-refractivity contribution in [2.24, 2.45) is 0 Å². The Morgan fingerprint density at radius 2 is 2.03 bits per heavy atom. The molecule has 2 aliphatic rings.